The molecule has 0 spiro atoms. The topological polar surface area (TPSA) is 26.3 Å². The highest BCUT2D eigenvalue weighted by Gasteiger charge is 1.89. The summed E-state index contributed by atoms with van der Waals surface area (Å²) in [6, 6.07) is 7.69. The highest BCUT2D eigenvalue weighted by atomic mass is 35.5. The fraction of sp³-hybridized carbons (Fsp3) is 0.308. The van der Waals surface area contributed by atoms with Gasteiger partial charge >= 0.3 is 6.47 Å². The maximum atomic E-state index is 9.73. The Kier molecular flexibility index (Phi) is 6.35. The van der Waals surface area contributed by atoms with Crippen LogP contribution in [0.5, 0.6) is 0 Å². The zero-order valence-corrected chi connectivity index (χ0v) is 9.74. The number of allylic oxidation sites excluding steroid dienone is 1. The smallest absolute Gasteiger partial charge is 0.417 e. The first-order chi connectivity index (χ1) is 7.83. The fourth-order valence-corrected chi connectivity index (χ4v) is 1.40. The van der Waals surface area contributed by atoms with Crippen molar-refractivity contribution in [3.05, 3.63) is 40.9 Å². The third kappa shape index (κ3) is 5.56. The fourth-order valence-electron chi connectivity index (χ4n) is 1.27. The molecule has 0 bridgehead atoms. The first kappa shape index (κ1) is 12.8. The summed E-state index contributed by atoms with van der Waals surface area (Å²) in [5, 5.41) is 0.749. The molecule has 0 aliphatic rings. The van der Waals surface area contributed by atoms with Gasteiger partial charge in [-0.15, -0.1) is 0 Å². The van der Waals surface area contributed by atoms with Crippen LogP contribution in [-0.2, 0) is 9.53 Å². The summed E-state index contributed by atoms with van der Waals surface area (Å²) in [5.74, 6) is 0. The van der Waals surface area contributed by atoms with E-state index in [2.05, 4.69) is 16.9 Å². The highest BCUT2D eigenvalue weighted by molar-refractivity contribution is 6.30. The molecule has 0 aliphatic heterocycles. The van der Waals surface area contributed by atoms with Crippen molar-refractivity contribution in [3.8, 4) is 0 Å². The lowest BCUT2D eigenvalue weighted by molar-refractivity contribution is 0.270. The van der Waals surface area contributed by atoms with E-state index in [0.717, 1.165) is 29.8 Å². The standard InChI is InChI=1S/C13H14ClO2/c14-13-8-6-12(7-9-13)5-3-1-2-4-10-16-11-15/h3,5-9H,1-2,4,10H2. The van der Waals surface area contributed by atoms with E-state index in [9.17, 15) is 4.79 Å². The van der Waals surface area contributed by atoms with Gasteiger partial charge in [-0.2, -0.15) is 0 Å². The molecule has 0 heterocycles. The van der Waals surface area contributed by atoms with E-state index in [1.165, 1.54) is 6.47 Å². The Morgan fingerprint density at radius 2 is 2.00 bits per heavy atom. The SMILES string of the molecule is O=[C]OCCCCC=Cc1ccc(Cl)cc1. The molecule has 0 aliphatic carbocycles. The van der Waals surface area contributed by atoms with E-state index in [-0.39, 0.29) is 0 Å². The molecule has 16 heavy (non-hydrogen) atoms. The number of hydrogen-bond donors (Lipinski definition) is 0. The molecule has 0 fully saturated rings. The van der Waals surface area contributed by atoms with Crippen LogP contribution in [0.2, 0.25) is 5.02 Å². The van der Waals surface area contributed by atoms with Crippen LogP contribution in [0.4, 0.5) is 0 Å². The van der Waals surface area contributed by atoms with Gasteiger partial charge in [0.15, 0.2) is 0 Å². The summed E-state index contributed by atoms with van der Waals surface area (Å²) in [6.07, 6.45) is 7.02. The molecule has 2 nitrogen and oxygen atoms in total. The minimum atomic E-state index is 0.457. The third-order valence-corrected chi connectivity index (χ3v) is 2.36. The zero-order chi connectivity index (χ0) is 11.6. The van der Waals surface area contributed by atoms with Gasteiger partial charge < -0.3 is 4.74 Å². The van der Waals surface area contributed by atoms with Crippen LogP contribution >= 0.6 is 11.6 Å². The number of rotatable bonds is 7. The molecule has 1 aromatic rings. The van der Waals surface area contributed by atoms with Crippen LogP contribution in [-0.4, -0.2) is 13.1 Å². The zero-order valence-electron chi connectivity index (χ0n) is 8.99. The van der Waals surface area contributed by atoms with Gasteiger partial charge in [-0.1, -0.05) is 35.9 Å². The van der Waals surface area contributed by atoms with E-state index in [0.29, 0.717) is 6.61 Å². The predicted molar refractivity (Wildman–Crippen MR) is 66.0 cm³/mol. The van der Waals surface area contributed by atoms with Gasteiger partial charge in [-0.3, -0.25) is 0 Å². The summed E-state index contributed by atoms with van der Waals surface area (Å²) >= 11 is 5.77. The molecule has 1 radical (unpaired) electrons. The summed E-state index contributed by atoms with van der Waals surface area (Å²) < 4.78 is 4.47. The van der Waals surface area contributed by atoms with Crippen molar-refractivity contribution in [2.45, 2.75) is 19.3 Å². The lowest BCUT2D eigenvalue weighted by Gasteiger charge is -1.96. The van der Waals surface area contributed by atoms with Crippen molar-refractivity contribution >= 4 is 24.1 Å². The van der Waals surface area contributed by atoms with Gasteiger partial charge in [0.2, 0.25) is 0 Å². The summed E-state index contributed by atoms with van der Waals surface area (Å²) in [7, 11) is 0. The molecule has 0 saturated heterocycles. The van der Waals surface area contributed by atoms with Crippen molar-refractivity contribution in [2.24, 2.45) is 0 Å². The van der Waals surface area contributed by atoms with Gasteiger partial charge in [0.05, 0.1) is 6.61 Å². The van der Waals surface area contributed by atoms with Gasteiger partial charge in [0.1, 0.15) is 0 Å². The molecule has 0 atom stereocenters. The number of hydrogen-bond acceptors (Lipinski definition) is 2. The molecule has 0 amide bonds. The highest BCUT2D eigenvalue weighted by Crippen LogP contribution is 2.11. The molecule has 0 N–H and O–H groups in total. The Hall–Kier alpha value is -1.28. The maximum Gasteiger partial charge on any atom is 0.417 e. The second-order valence-electron chi connectivity index (χ2n) is 3.38. The Balaban J connectivity index is 2.17. The predicted octanol–water partition coefficient (Wildman–Crippen LogP) is 3.61. The lowest BCUT2D eigenvalue weighted by atomic mass is 10.1. The Labute approximate surface area is 101 Å². The number of benzene rings is 1. The normalized spacial score (nSPS) is 10.6. The quantitative estimate of drug-likeness (QED) is 0.678. The minimum absolute atomic E-state index is 0.457. The largest absolute Gasteiger partial charge is 0.457 e. The maximum absolute atomic E-state index is 9.73. The van der Waals surface area contributed by atoms with Crippen LogP contribution in [0, 0.1) is 0 Å². The second-order valence-corrected chi connectivity index (χ2v) is 3.82. The van der Waals surface area contributed by atoms with Crippen LogP contribution in [0.3, 0.4) is 0 Å². The van der Waals surface area contributed by atoms with Crippen LogP contribution in [0.1, 0.15) is 24.8 Å². The lowest BCUT2D eigenvalue weighted by Crippen LogP contribution is -1.90. The monoisotopic (exact) mass is 237 g/mol. The van der Waals surface area contributed by atoms with Crippen molar-refractivity contribution < 1.29 is 9.53 Å². The molecular formula is C13H14ClO2. The molecule has 1 rings (SSSR count). The number of halogens is 1. The summed E-state index contributed by atoms with van der Waals surface area (Å²) in [5.41, 5.74) is 1.14. The average Bonchev–Trinajstić information content (AvgIpc) is 2.30. The van der Waals surface area contributed by atoms with Gasteiger partial charge in [0, 0.05) is 5.02 Å². The van der Waals surface area contributed by atoms with Crippen LogP contribution in [0.15, 0.2) is 30.3 Å². The molecular weight excluding hydrogens is 224 g/mol. The molecule has 0 saturated carbocycles. The average molecular weight is 238 g/mol. The molecule has 0 aromatic heterocycles. The van der Waals surface area contributed by atoms with Gasteiger partial charge in [-0.05, 0) is 37.0 Å². The van der Waals surface area contributed by atoms with Crippen molar-refractivity contribution in [3.63, 3.8) is 0 Å². The molecule has 85 valence electrons. The number of carbonyl (C=O) groups excluding carboxylic acids is 1. The van der Waals surface area contributed by atoms with Crippen molar-refractivity contribution in [1.29, 1.82) is 0 Å². The molecule has 1 aromatic carbocycles. The Bertz CT molecular complexity index is 330. The molecule has 3 heteroatoms. The minimum Gasteiger partial charge on any atom is -0.457 e. The van der Waals surface area contributed by atoms with Crippen molar-refractivity contribution in [2.75, 3.05) is 6.61 Å². The van der Waals surface area contributed by atoms with Gasteiger partial charge in [0.25, 0.3) is 0 Å². The first-order valence-electron chi connectivity index (χ1n) is 5.24. The van der Waals surface area contributed by atoms with E-state index >= 15 is 0 Å². The van der Waals surface area contributed by atoms with Crippen LogP contribution < -0.4 is 0 Å². The van der Waals surface area contributed by atoms with E-state index < -0.39 is 0 Å². The van der Waals surface area contributed by atoms with Crippen molar-refractivity contribution in [1.82, 2.24) is 0 Å². The summed E-state index contributed by atoms with van der Waals surface area (Å²) in [6.45, 7) is 1.87. The second kappa shape index (κ2) is 7.94. The van der Waals surface area contributed by atoms with Crippen LogP contribution in [0.25, 0.3) is 6.08 Å². The van der Waals surface area contributed by atoms with Gasteiger partial charge in [-0.25, -0.2) is 4.79 Å². The van der Waals surface area contributed by atoms with E-state index in [1.54, 1.807) is 0 Å². The molecule has 0 unspecified atom stereocenters. The van der Waals surface area contributed by atoms with E-state index in [1.807, 2.05) is 24.3 Å². The number of unbranched alkanes of at least 4 members (excludes halogenated alkanes) is 2. The van der Waals surface area contributed by atoms with E-state index in [4.69, 9.17) is 11.6 Å². The first-order valence-corrected chi connectivity index (χ1v) is 5.62. The third-order valence-electron chi connectivity index (χ3n) is 2.11. The Morgan fingerprint density at radius 1 is 1.25 bits per heavy atom. The Morgan fingerprint density at radius 3 is 2.69 bits per heavy atom. The summed E-state index contributed by atoms with van der Waals surface area (Å²) in [4.78, 5) is 9.73. The number of ether oxygens (including phenoxy) is 1.